The fourth-order valence-electron chi connectivity index (χ4n) is 2.64. The van der Waals surface area contributed by atoms with Crippen molar-refractivity contribution in [1.82, 2.24) is 10.3 Å². The molecule has 2 heterocycles. The predicted molar refractivity (Wildman–Crippen MR) is 76.3 cm³/mol. The van der Waals surface area contributed by atoms with E-state index < -0.39 is 0 Å². The zero-order valence-corrected chi connectivity index (χ0v) is 11.6. The van der Waals surface area contributed by atoms with Gasteiger partial charge in [-0.25, -0.2) is 0 Å². The van der Waals surface area contributed by atoms with E-state index in [9.17, 15) is 0 Å². The number of nitrogens with zero attached hydrogens (tertiary/aromatic N) is 2. The quantitative estimate of drug-likeness (QED) is 0.879. The largest absolute Gasteiger partial charge is 0.381 e. The van der Waals surface area contributed by atoms with Crippen LogP contribution in [0.3, 0.4) is 0 Å². The number of aromatic nitrogens is 1. The van der Waals surface area contributed by atoms with Gasteiger partial charge in [-0.1, -0.05) is 0 Å². The lowest BCUT2D eigenvalue weighted by Gasteiger charge is -2.33. The van der Waals surface area contributed by atoms with E-state index in [0.717, 1.165) is 44.2 Å². The lowest BCUT2D eigenvalue weighted by molar-refractivity contribution is 0.0819. The maximum atomic E-state index is 5.42. The smallest absolute Gasteiger partial charge is 0.0605 e. The van der Waals surface area contributed by atoms with Gasteiger partial charge in [0, 0.05) is 44.7 Å². The summed E-state index contributed by atoms with van der Waals surface area (Å²) in [7, 11) is 1.81. The first-order valence-corrected chi connectivity index (χ1v) is 7.31. The summed E-state index contributed by atoms with van der Waals surface area (Å²) in [5, 5.41) is 3.52. The highest BCUT2D eigenvalue weighted by molar-refractivity contribution is 5.46. The van der Waals surface area contributed by atoms with Gasteiger partial charge < -0.3 is 15.0 Å². The summed E-state index contributed by atoms with van der Waals surface area (Å²) >= 11 is 0. The zero-order chi connectivity index (χ0) is 13.1. The summed E-state index contributed by atoms with van der Waals surface area (Å²) in [5.41, 5.74) is 2.45. The minimum atomic E-state index is 0.439. The summed E-state index contributed by atoms with van der Waals surface area (Å²) in [5.74, 6) is 0. The molecule has 0 radical (unpaired) electrons. The van der Waals surface area contributed by atoms with Gasteiger partial charge in [0.1, 0.15) is 0 Å². The molecule has 0 aromatic carbocycles. The molecular weight excluding hydrogens is 238 g/mol. The van der Waals surface area contributed by atoms with Crippen molar-refractivity contribution in [3.63, 3.8) is 0 Å². The maximum Gasteiger partial charge on any atom is 0.0605 e. The number of methoxy groups -OCH3 is 1. The van der Waals surface area contributed by atoms with Crippen molar-refractivity contribution < 1.29 is 4.74 Å². The molecule has 2 fully saturated rings. The summed E-state index contributed by atoms with van der Waals surface area (Å²) in [6.45, 7) is 3.06. The van der Waals surface area contributed by atoms with E-state index in [0.29, 0.717) is 6.10 Å². The Bertz CT molecular complexity index is 412. The van der Waals surface area contributed by atoms with Crippen LogP contribution in [0.25, 0.3) is 0 Å². The summed E-state index contributed by atoms with van der Waals surface area (Å²) in [6.07, 6.45) is 7.26. The monoisotopic (exact) mass is 261 g/mol. The van der Waals surface area contributed by atoms with Crippen molar-refractivity contribution in [3.05, 3.63) is 24.0 Å². The number of piperidine rings is 1. The lowest BCUT2D eigenvalue weighted by Crippen LogP contribution is -2.36. The molecule has 1 N–H and O–H groups in total. The fourth-order valence-corrected chi connectivity index (χ4v) is 2.64. The third kappa shape index (κ3) is 3.45. The second kappa shape index (κ2) is 5.88. The minimum absolute atomic E-state index is 0.439. The third-order valence-corrected chi connectivity index (χ3v) is 4.09. The molecule has 3 rings (SSSR count). The first kappa shape index (κ1) is 12.9. The zero-order valence-electron chi connectivity index (χ0n) is 11.6. The Labute approximate surface area is 115 Å². The van der Waals surface area contributed by atoms with Gasteiger partial charge in [0.25, 0.3) is 0 Å². The van der Waals surface area contributed by atoms with Crippen LogP contribution in [-0.4, -0.2) is 37.3 Å². The van der Waals surface area contributed by atoms with Crippen LogP contribution in [0.5, 0.6) is 0 Å². The van der Waals surface area contributed by atoms with Crippen LogP contribution in [0.4, 0.5) is 5.69 Å². The van der Waals surface area contributed by atoms with Crippen molar-refractivity contribution in [2.24, 2.45) is 0 Å². The average Bonchev–Trinajstić information content (AvgIpc) is 3.30. The molecule has 1 aromatic rings. The van der Waals surface area contributed by atoms with Crippen molar-refractivity contribution in [3.8, 4) is 0 Å². The number of hydrogen-bond donors (Lipinski definition) is 1. The van der Waals surface area contributed by atoms with E-state index >= 15 is 0 Å². The van der Waals surface area contributed by atoms with Gasteiger partial charge in [-0.2, -0.15) is 0 Å². The Morgan fingerprint density at radius 2 is 2.11 bits per heavy atom. The van der Waals surface area contributed by atoms with E-state index in [1.807, 2.05) is 13.3 Å². The molecule has 1 aromatic heterocycles. The molecule has 1 saturated carbocycles. The number of hydrogen-bond acceptors (Lipinski definition) is 4. The highest BCUT2D eigenvalue weighted by Crippen LogP contribution is 2.22. The molecule has 104 valence electrons. The Kier molecular flexibility index (Phi) is 3.99. The lowest BCUT2D eigenvalue weighted by atomic mass is 10.1. The molecule has 1 aliphatic carbocycles. The van der Waals surface area contributed by atoms with Gasteiger partial charge >= 0.3 is 0 Å². The molecule has 1 aliphatic heterocycles. The molecular formula is C15H23N3O. The van der Waals surface area contributed by atoms with E-state index in [1.54, 1.807) is 0 Å². The third-order valence-electron chi connectivity index (χ3n) is 4.09. The summed E-state index contributed by atoms with van der Waals surface area (Å²) in [6, 6.07) is 5.08. The van der Waals surface area contributed by atoms with Crippen molar-refractivity contribution >= 4 is 5.69 Å². The molecule has 0 unspecified atom stereocenters. The predicted octanol–water partition coefficient (Wildman–Crippen LogP) is 1.95. The van der Waals surface area contributed by atoms with Crippen molar-refractivity contribution in [2.75, 3.05) is 25.1 Å². The molecule has 4 heteroatoms. The van der Waals surface area contributed by atoms with Gasteiger partial charge in [0.2, 0.25) is 0 Å². The second-order valence-corrected chi connectivity index (χ2v) is 5.58. The van der Waals surface area contributed by atoms with Crippen LogP contribution >= 0.6 is 0 Å². The van der Waals surface area contributed by atoms with Crippen LogP contribution < -0.4 is 10.2 Å². The highest BCUT2D eigenvalue weighted by atomic mass is 16.5. The molecule has 2 aliphatic rings. The van der Waals surface area contributed by atoms with E-state index in [-0.39, 0.29) is 0 Å². The minimum Gasteiger partial charge on any atom is -0.381 e. The van der Waals surface area contributed by atoms with Crippen LogP contribution in [0.2, 0.25) is 0 Å². The van der Waals surface area contributed by atoms with Crippen LogP contribution in [0, 0.1) is 0 Å². The van der Waals surface area contributed by atoms with Gasteiger partial charge in [-0.15, -0.1) is 0 Å². The summed E-state index contributed by atoms with van der Waals surface area (Å²) in [4.78, 5) is 6.89. The number of ether oxygens (including phenoxy) is 1. The first-order chi connectivity index (χ1) is 9.35. The molecule has 0 bridgehead atoms. The first-order valence-electron chi connectivity index (χ1n) is 7.31. The van der Waals surface area contributed by atoms with Gasteiger partial charge in [-0.05, 0) is 37.8 Å². The Balaban J connectivity index is 1.58. The van der Waals surface area contributed by atoms with Crippen molar-refractivity contribution in [2.45, 2.75) is 44.4 Å². The average molecular weight is 261 g/mol. The number of nitrogens with one attached hydrogen (secondary N) is 1. The molecule has 1 saturated heterocycles. The van der Waals surface area contributed by atoms with Crippen LogP contribution in [0.15, 0.2) is 18.3 Å². The molecule has 0 spiro atoms. The summed E-state index contributed by atoms with van der Waals surface area (Å²) < 4.78 is 5.42. The topological polar surface area (TPSA) is 37.4 Å². The fraction of sp³-hybridized carbons (Fsp3) is 0.667. The van der Waals surface area contributed by atoms with Crippen molar-refractivity contribution in [1.29, 1.82) is 0 Å². The van der Waals surface area contributed by atoms with E-state index in [2.05, 4.69) is 27.3 Å². The molecule has 4 nitrogen and oxygen atoms in total. The van der Waals surface area contributed by atoms with Gasteiger partial charge in [-0.3, -0.25) is 4.98 Å². The van der Waals surface area contributed by atoms with Crippen LogP contribution in [0.1, 0.15) is 31.4 Å². The highest BCUT2D eigenvalue weighted by Gasteiger charge is 2.21. The Hall–Kier alpha value is -1.13. The van der Waals surface area contributed by atoms with E-state index in [1.165, 1.54) is 18.5 Å². The number of rotatable bonds is 5. The van der Waals surface area contributed by atoms with Gasteiger partial charge in [0.15, 0.2) is 0 Å². The normalized spacial score (nSPS) is 20.8. The maximum absolute atomic E-state index is 5.42. The Morgan fingerprint density at radius 3 is 2.79 bits per heavy atom. The second-order valence-electron chi connectivity index (χ2n) is 5.58. The van der Waals surface area contributed by atoms with E-state index in [4.69, 9.17) is 4.74 Å². The Morgan fingerprint density at radius 1 is 1.32 bits per heavy atom. The molecule has 19 heavy (non-hydrogen) atoms. The standard InChI is InChI=1S/C15H23N3O/c1-19-15-5-8-18(9-6-15)14-4-7-16-13(10-14)11-17-12-2-3-12/h4,7,10,12,15,17H,2-3,5-6,8-9,11H2,1H3. The molecule has 0 atom stereocenters. The van der Waals surface area contributed by atoms with Crippen LogP contribution in [-0.2, 0) is 11.3 Å². The number of pyridine rings is 1. The molecule has 0 amide bonds. The van der Waals surface area contributed by atoms with Gasteiger partial charge in [0.05, 0.1) is 11.8 Å². The SMILES string of the molecule is COC1CCN(c2ccnc(CNC3CC3)c2)CC1. The number of anilines is 1.